The zero-order valence-corrected chi connectivity index (χ0v) is 15.7. The summed E-state index contributed by atoms with van der Waals surface area (Å²) in [6.07, 6.45) is 4.41. The van der Waals surface area contributed by atoms with E-state index < -0.39 is 0 Å². The number of likely N-dealkylation sites (tertiary alicyclic amines) is 2. The SMILES string of the molecule is CCOCC1CCCN(C(=O)C2CCCN2Cc2cccc(C)c2)C1. The van der Waals surface area contributed by atoms with Gasteiger partial charge in [0.2, 0.25) is 5.91 Å². The number of hydrogen-bond donors (Lipinski definition) is 0. The van der Waals surface area contributed by atoms with Gasteiger partial charge in [-0.25, -0.2) is 0 Å². The van der Waals surface area contributed by atoms with Gasteiger partial charge in [0.15, 0.2) is 0 Å². The number of aryl methyl sites for hydroxylation is 1. The average molecular weight is 344 g/mol. The molecule has 1 aromatic carbocycles. The Bertz CT molecular complexity index is 575. The molecular formula is C21H32N2O2. The third-order valence-electron chi connectivity index (χ3n) is 5.51. The van der Waals surface area contributed by atoms with Gasteiger partial charge in [-0.05, 0) is 57.6 Å². The van der Waals surface area contributed by atoms with Gasteiger partial charge in [0.25, 0.3) is 0 Å². The van der Waals surface area contributed by atoms with Gasteiger partial charge < -0.3 is 9.64 Å². The zero-order chi connectivity index (χ0) is 17.6. The second kappa shape index (κ2) is 8.81. The van der Waals surface area contributed by atoms with Crippen molar-refractivity contribution in [3.63, 3.8) is 0 Å². The molecule has 0 aliphatic carbocycles. The molecule has 138 valence electrons. The molecule has 1 aromatic rings. The molecule has 0 N–H and O–H groups in total. The van der Waals surface area contributed by atoms with Crippen LogP contribution in [0.2, 0.25) is 0 Å². The van der Waals surface area contributed by atoms with Crippen molar-refractivity contribution in [2.24, 2.45) is 5.92 Å². The van der Waals surface area contributed by atoms with E-state index in [2.05, 4.69) is 41.0 Å². The summed E-state index contributed by atoms with van der Waals surface area (Å²) in [6.45, 7) is 9.41. The minimum Gasteiger partial charge on any atom is -0.381 e. The van der Waals surface area contributed by atoms with Gasteiger partial charge in [-0.2, -0.15) is 0 Å². The third-order valence-corrected chi connectivity index (χ3v) is 5.51. The topological polar surface area (TPSA) is 32.8 Å². The number of ether oxygens (including phenoxy) is 1. The van der Waals surface area contributed by atoms with E-state index in [4.69, 9.17) is 4.74 Å². The molecule has 1 amide bonds. The van der Waals surface area contributed by atoms with E-state index in [-0.39, 0.29) is 6.04 Å². The highest BCUT2D eigenvalue weighted by Gasteiger charge is 2.35. The Balaban J connectivity index is 1.60. The van der Waals surface area contributed by atoms with E-state index in [1.54, 1.807) is 0 Å². The van der Waals surface area contributed by atoms with Crippen molar-refractivity contribution in [3.05, 3.63) is 35.4 Å². The maximum Gasteiger partial charge on any atom is 0.239 e. The van der Waals surface area contributed by atoms with Crippen molar-refractivity contribution in [1.29, 1.82) is 0 Å². The minimum atomic E-state index is 0.0614. The number of piperidine rings is 1. The van der Waals surface area contributed by atoms with Gasteiger partial charge in [-0.3, -0.25) is 9.69 Å². The molecule has 0 bridgehead atoms. The lowest BCUT2D eigenvalue weighted by Crippen LogP contribution is -2.49. The first-order chi connectivity index (χ1) is 12.2. The molecule has 2 heterocycles. The number of nitrogens with zero attached hydrogens (tertiary/aromatic N) is 2. The van der Waals surface area contributed by atoms with Crippen LogP contribution in [-0.2, 0) is 16.1 Å². The lowest BCUT2D eigenvalue weighted by Gasteiger charge is -2.36. The predicted molar refractivity (Wildman–Crippen MR) is 100 cm³/mol. The number of carbonyl (C=O) groups is 1. The van der Waals surface area contributed by atoms with Crippen molar-refractivity contribution >= 4 is 5.91 Å². The first-order valence-corrected chi connectivity index (χ1v) is 9.83. The lowest BCUT2D eigenvalue weighted by molar-refractivity contribution is -0.138. The Morgan fingerprint density at radius 2 is 2.08 bits per heavy atom. The normalized spacial score (nSPS) is 24.6. The molecule has 0 aromatic heterocycles. The summed E-state index contributed by atoms with van der Waals surface area (Å²) in [4.78, 5) is 17.6. The van der Waals surface area contributed by atoms with Crippen molar-refractivity contribution in [2.45, 2.75) is 52.1 Å². The molecule has 2 saturated heterocycles. The third kappa shape index (κ3) is 4.83. The largest absolute Gasteiger partial charge is 0.381 e. The maximum absolute atomic E-state index is 13.1. The summed E-state index contributed by atoms with van der Waals surface area (Å²) >= 11 is 0. The monoisotopic (exact) mass is 344 g/mol. The lowest BCUT2D eigenvalue weighted by atomic mass is 9.98. The number of carbonyl (C=O) groups excluding carboxylic acids is 1. The molecule has 2 unspecified atom stereocenters. The molecular weight excluding hydrogens is 312 g/mol. The van der Waals surface area contributed by atoms with Gasteiger partial charge in [-0.15, -0.1) is 0 Å². The summed E-state index contributed by atoms with van der Waals surface area (Å²) in [5.41, 5.74) is 2.60. The molecule has 0 saturated carbocycles. The molecule has 3 rings (SSSR count). The van der Waals surface area contributed by atoms with Crippen LogP contribution in [0.15, 0.2) is 24.3 Å². The van der Waals surface area contributed by atoms with Crippen molar-refractivity contribution in [3.8, 4) is 0 Å². The Labute approximate surface area is 152 Å². The summed E-state index contributed by atoms with van der Waals surface area (Å²) in [5, 5.41) is 0. The minimum absolute atomic E-state index is 0.0614. The Kier molecular flexibility index (Phi) is 6.49. The van der Waals surface area contributed by atoms with E-state index >= 15 is 0 Å². The summed E-state index contributed by atoms with van der Waals surface area (Å²) in [6, 6.07) is 8.71. The molecule has 2 atom stereocenters. The van der Waals surface area contributed by atoms with Gasteiger partial charge in [0.05, 0.1) is 12.6 Å². The Morgan fingerprint density at radius 1 is 1.24 bits per heavy atom. The Hall–Kier alpha value is -1.39. The molecule has 25 heavy (non-hydrogen) atoms. The standard InChI is InChI=1S/C21H32N2O2/c1-3-25-16-19-9-5-12-23(15-19)21(24)20-10-6-11-22(20)14-18-8-4-7-17(2)13-18/h4,7-8,13,19-20H,3,5-6,9-12,14-16H2,1-2H3. The van der Waals surface area contributed by atoms with Crippen molar-refractivity contribution in [1.82, 2.24) is 9.80 Å². The first kappa shape index (κ1) is 18.4. The summed E-state index contributed by atoms with van der Waals surface area (Å²) in [5.74, 6) is 0.843. The fourth-order valence-corrected chi connectivity index (χ4v) is 4.24. The Morgan fingerprint density at radius 3 is 2.88 bits per heavy atom. The van der Waals surface area contributed by atoms with Crippen LogP contribution in [0.3, 0.4) is 0 Å². The van der Waals surface area contributed by atoms with Gasteiger partial charge in [0.1, 0.15) is 0 Å². The molecule has 0 radical (unpaired) electrons. The summed E-state index contributed by atoms with van der Waals surface area (Å²) in [7, 11) is 0. The highest BCUT2D eigenvalue weighted by Crippen LogP contribution is 2.25. The first-order valence-electron chi connectivity index (χ1n) is 9.83. The quantitative estimate of drug-likeness (QED) is 0.794. The molecule has 2 fully saturated rings. The van der Waals surface area contributed by atoms with Gasteiger partial charge in [-0.1, -0.05) is 29.8 Å². The van der Waals surface area contributed by atoms with Crippen molar-refractivity contribution in [2.75, 3.05) is 32.8 Å². The van der Waals surface area contributed by atoms with E-state index in [0.717, 1.165) is 58.7 Å². The van der Waals surface area contributed by atoms with Crippen LogP contribution >= 0.6 is 0 Å². The van der Waals surface area contributed by atoms with E-state index in [0.29, 0.717) is 11.8 Å². The molecule has 0 spiro atoms. The maximum atomic E-state index is 13.1. The van der Waals surface area contributed by atoms with Crippen LogP contribution in [-0.4, -0.2) is 54.6 Å². The van der Waals surface area contributed by atoms with Crippen LogP contribution in [0.4, 0.5) is 0 Å². The van der Waals surface area contributed by atoms with Gasteiger partial charge >= 0.3 is 0 Å². The molecule has 4 nitrogen and oxygen atoms in total. The fraction of sp³-hybridized carbons (Fsp3) is 0.667. The molecule has 2 aliphatic rings. The number of amides is 1. The van der Waals surface area contributed by atoms with Crippen molar-refractivity contribution < 1.29 is 9.53 Å². The molecule has 4 heteroatoms. The van der Waals surface area contributed by atoms with E-state index in [1.807, 2.05) is 6.92 Å². The second-order valence-electron chi connectivity index (χ2n) is 7.57. The number of benzene rings is 1. The van der Waals surface area contributed by atoms with Crippen LogP contribution in [0.5, 0.6) is 0 Å². The highest BCUT2D eigenvalue weighted by atomic mass is 16.5. The van der Waals surface area contributed by atoms with Crippen LogP contribution in [0.1, 0.15) is 43.7 Å². The second-order valence-corrected chi connectivity index (χ2v) is 7.57. The number of hydrogen-bond acceptors (Lipinski definition) is 3. The van der Waals surface area contributed by atoms with Crippen LogP contribution in [0, 0.1) is 12.8 Å². The predicted octanol–water partition coefficient (Wildman–Crippen LogP) is 3.23. The summed E-state index contributed by atoms with van der Waals surface area (Å²) < 4.78 is 5.59. The van der Waals surface area contributed by atoms with Gasteiger partial charge in [0, 0.05) is 26.2 Å². The molecule has 2 aliphatic heterocycles. The zero-order valence-electron chi connectivity index (χ0n) is 15.7. The van der Waals surface area contributed by atoms with Crippen LogP contribution in [0.25, 0.3) is 0 Å². The van der Waals surface area contributed by atoms with E-state index in [1.165, 1.54) is 17.5 Å². The highest BCUT2D eigenvalue weighted by molar-refractivity contribution is 5.82. The van der Waals surface area contributed by atoms with Crippen LogP contribution < -0.4 is 0 Å². The average Bonchev–Trinajstić information content (AvgIpc) is 3.07. The number of rotatable bonds is 6. The fourth-order valence-electron chi connectivity index (χ4n) is 4.24. The van der Waals surface area contributed by atoms with E-state index in [9.17, 15) is 4.79 Å². The smallest absolute Gasteiger partial charge is 0.239 e.